The van der Waals surface area contributed by atoms with Gasteiger partial charge in [-0.25, -0.2) is 4.79 Å². The van der Waals surface area contributed by atoms with Gasteiger partial charge in [0.25, 0.3) is 0 Å². The first-order valence-electron chi connectivity index (χ1n) is 9.64. The number of methoxy groups -OCH3 is 1. The van der Waals surface area contributed by atoms with Crippen LogP contribution in [0.25, 0.3) is 38.6 Å². The fraction of sp³-hybridized carbons (Fsp3) is 0.0385. The first-order valence-corrected chi connectivity index (χ1v) is 10.4. The predicted octanol–water partition coefficient (Wildman–Crippen LogP) is 7.00. The van der Waals surface area contributed by atoms with Crippen LogP contribution in [0.3, 0.4) is 0 Å². The number of nitrogens with zero attached hydrogens (tertiary/aromatic N) is 1. The van der Waals surface area contributed by atoms with Crippen molar-refractivity contribution in [1.29, 1.82) is 0 Å². The van der Waals surface area contributed by atoms with E-state index >= 15 is 0 Å². The standard InChI is InChI=1S/C26H18BrNO2/c1-30-26(29)23-16-18(27)12-13-20(23)17-11-14-25-22(15-17)21-9-5-6-10-24(21)28(25)19-7-3-2-4-8-19/h2-16H,1H3. The maximum Gasteiger partial charge on any atom is 0.338 e. The number of aromatic nitrogens is 1. The third-order valence-electron chi connectivity index (χ3n) is 5.38. The predicted molar refractivity (Wildman–Crippen MR) is 125 cm³/mol. The number of hydrogen-bond donors (Lipinski definition) is 0. The van der Waals surface area contributed by atoms with Crippen LogP contribution in [0.5, 0.6) is 0 Å². The monoisotopic (exact) mass is 455 g/mol. The van der Waals surface area contributed by atoms with Gasteiger partial charge in [-0.05, 0) is 53.6 Å². The van der Waals surface area contributed by atoms with E-state index < -0.39 is 0 Å². The van der Waals surface area contributed by atoms with Crippen LogP contribution in [-0.2, 0) is 4.74 Å². The molecule has 0 amide bonds. The number of fused-ring (bicyclic) bond motifs is 3. The average Bonchev–Trinajstić information content (AvgIpc) is 3.13. The van der Waals surface area contributed by atoms with Crippen molar-refractivity contribution in [1.82, 2.24) is 4.57 Å². The van der Waals surface area contributed by atoms with Gasteiger partial charge >= 0.3 is 5.97 Å². The van der Waals surface area contributed by atoms with E-state index in [0.717, 1.165) is 37.7 Å². The van der Waals surface area contributed by atoms with Gasteiger partial charge in [0.2, 0.25) is 0 Å². The van der Waals surface area contributed by atoms with E-state index in [9.17, 15) is 4.79 Å². The SMILES string of the molecule is COC(=O)c1cc(Br)ccc1-c1ccc2c(c1)c1ccccc1n2-c1ccccc1. The van der Waals surface area contributed by atoms with Crippen molar-refractivity contribution >= 4 is 43.7 Å². The lowest BCUT2D eigenvalue weighted by Crippen LogP contribution is -2.03. The molecule has 0 aliphatic carbocycles. The van der Waals surface area contributed by atoms with Crippen molar-refractivity contribution in [2.75, 3.05) is 7.11 Å². The number of halogens is 1. The summed E-state index contributed by atoms with van der Waals surface area (Å²) in [4.78, 5) is 12.4. The number of benzene rings is 4. The molecular formula is C26H18BrNO2. The van der Waals surface area contributed by atoms with Crippen LogP contribution in [0.4, 0.5) is 0 Å². The minimum Gasteiger partial charge on any atom is -0.465 e. The molecular weight excluding hydrogens is 438 g/mol. The third-order valence-corrected chi connectivity index (χ3v) is 5.88. The zero-order valence-electron chi connectivity index (χ0n) is 16.3. The molecule has 4 heteroatoms. The topological polar surface area (TPSA) is 31.2 Å². The van der Waals surface area contributed by atoms with Crippen LogP contribution in [-0.4, -0.2) is 17.6 Å². The average molecular weight is 456 g/mol. The molecule has 0 unspecified atom stereocenters. The Bertz CT molecular complexity index is 1400. The van der Waals surface area contributed by atoms with Crippen molar-refractivity contribution in [2.45, 2.75) is 0 Å². The first kappa shape index (κ1) is 18.6. The van der Waals surface area contributed by atoms with Crippen molar-refractivity contribution in [3.63, 3.8) is 0 Å². The number of hydrogen-bond acceptors (Lipinski definition) is 2. The van der Waals surface area contributed by atoms with Crippen molar-refractivity contribution in [3.8, 4) is 16.8 Å². The molecule has 0 bridgehead atoms. The number of rotatable bonds is 3. The van der Waals surface area contributed by atoms with Crippen LogP contribution in [0, 0.1) is 0 Å². The smallest absolute Gasteiger partial charge is 0.338 e. The van der Waals surface area contributed by atoms with Gasteiger partial charge in [-0.3, -0.25) is 0 Å². The molecule has 1 heterocycles. The van der Waals surface area contributed by atoms with E-state index in [1.54, 1.807) is 6.07 Å². The Morgan fingerprint density at radius 1 is 0.800 bits per heavy atom. The zero-order valence-corrected chi connectivity index (χ0v) is 17.9. The second-order valence-electron chi connectivity index (χ2n) is 7.10. The molecule has 0 N–H and O–H groups in total. The molecule has 5 rings (SSSR count). The lowest BCUT2D eigenvalue weighted by molar-refractivity contribution is 0.0601. The molecule has 5 aromatic rings. The van der Waals surface area contributed by atoms with Crippen LogP contribution in [0.15, 0.2) is 95.5 Å². The highest BCUT2D eigenvalue weighted by molar-refractivity contribution is 9.10. The van der Waals surface area contributed by atoms with Crippen LogP contribution >= 0.6 is 15.9 Å². The summed E-state index contributed by atoms with van der Waals surface area (Å²) in [5.74, 6) is -0.349. The summed E-state index contributed by atoms with van der Waals surface area (Å²) >= 11 is 3.46. The molecule has 30 heavy (non-hydrogen) atoms. The van der Waals surface area contributed by atoms with Gasteiger partial charge < -0.3 is 9.30 Å². The second kappa shape index (κ2) is 7.47. The number of ether oxygens (including phenoxy) is 1. The van der Waals surface area contributed by atoms with Crippen LogP contribution in [0.2, 0.25) is 0 Å². The van der Waals surface area contributed by atoms with Gasteiger partial charge in [0.1, 0.15) is 0 Å². The molecule has 0 saturated carbocycles. The fourth-order valence-electron chi connectivity index (χ4n) is 4.04. The quantitative estimate of drug-likeness (QED) is 0.274. The second-order valence-corrected chi connectivity index (χ2v) is 8.02. The van der Waals surface area contributed by atoms with Crippen molar-refractivity contribution in [3.05, 3.63) is 101 Å². The molecule has 146 valence electrons. The molecule has 4 aromatic carbocycles. The summed E-state index contributed by atoms with van der Waals surface area (Å²) in [5, 5.41) is 2.32. The Morgan fingerprint density at radius 2 is 1.53 bits per heavy atom. The molecule has 0 fully saturated rings. The molecule has 0 atom stereocenters. The highest BCUT2D eigenvalue weighted by atomic mass is 79.9. The van der Waals surface area contributed by atoms with E-state index in [-0.39, 0.29) is 5.97 Å². The number of esters is 1. The lowest BCUT2D eigenvalue weighted by atomic mass is 9.98. The van der Waals surface area contributed by atoms with Crippen molar-refractivity contribution < 1.29 is 9.53 Å². The van der Waals surface area contributed by atoms with Crippen LogP contribution in [0.1, 0.15) is 10.4 Å². The van der Waals surface area contributed by atoms with Crippen molar-refractivity contribution in [2.24, 2.45) is 0 Å². The van der Waals surface area contributed by atoms with E-state index in [0.29, 0.717) is 5.56 Å². The van der Waals surface area contributed by atoms with Gasteiger partial charge in [0.05, 0.1) is 23.7 Å². The minimum atomic E-state index is -0.349. The van der Waals surface area contributed by atoms with E-state index in [4.69, 9.17) is 4.74 Å². The minimum absolute atomic E-state index is 0.349. The molecule has 0 radical (unpaired) electrons. The van der Waals surface area contributed by atoms with E-state index in [2.05, 4.69) is 87.2 Å². The Kier molecular flexibility index (Phi) is 4.64. The summed E-state index contributed by atoms with van der Waals surface area (Å²) < 4.78 is 8.13. The summed E-state index contributed by atoms with van der Waals surface area (Å²) in [7, 11) is 1.41. The lowest BCUT2D eigenvalue weighted by Gasteiger charge is -2.10. The number of carbonyl (C=O) groups excluding carboxylic acids is 1. The maximum atomic E-state index is 12.4. The Morgan fingerprint density at radius 3 is 2.33 bits per heavy atom. The third kappa shape index (κ3) is 3.01. The Balaban J connectivity index is 1.80. The molecule has 0 saturated heterocycles. The number of carbonyl (C=O) groups is 1. The van der Waals surface area contributed by atoms with Gasteiger partial charge in [0.15, 0.2) is 0 Å². The van der Waals surface area contributed by atoms with Gasteiger partial charge in [-0.15, -0.1) is 0 Å². The molecule has 0 aliphatic rings. The summed E-state index contributed by atoms with van der Waals surface area (Å²) in [6.45, 7) is 0. The zero-order chi connectivity index (χ0) is 20.7. The Labute approximate surface area is 182 Å². The fourth-order valence-corrected chi connectivity index (χ4v) is 4.40. The van der Waals surface area contributed by atoms with E-state index in [1.807, 2.05) is 18.2 Å². The van der Waals surface area contributed by atoms with E-state index in [1.165, 1.54) is 12.5 Å². The highest BCUT2D eigenvalue weighted by Crippen LogP contribution is 2.36. The van der Waals surface area contributed by atoms with Gasteiger partial charge in [-0.1, -0.05) is 64.5 Å². The van der Waals surface area contributed by atoms with Gasteiger partial charge in [-0.2, -0.15) is 0 Å². The molecule has 0 spiro atoms. The largest absolute Gasteiger partial charge is 0.465 e. The summed E-state index contributed by atoms with van der Waals surface area (Å²) in [5.41, 5.74) is 5.77. The number of para-hydroxylation sites is 2. The Hall–Kier alpha value is -3.37. The molecule has 1 aromatic heterocycles. The molecule has 0 aliphatic heterocycles. The normalized spacial score (nSPS) is 11.1. The maximum absolute atomic E-state index is 12.4. The summed E-state index contributed by atoms with van der Waals surface area (Å²) in [6, 6.07) is 30.8. The first-order chi connectivity index (χ1) is 14.7. The molecule has 3 nitrogen and oxygen atoms in total. The highest BCUT2D eigenvalue weighted by Gasteiger charge is 2.17. The van der Waals surface area contributed by atoms with Crippen LogP contribution < -0.4 is 0 Å². The summed E-state index contributed by atoms with van der Waals surface area (Å²) in [6.07, 6.45) is 0. The van der Waals surface area contributed by atoms with Gasteiger partial charge in [0, 0.05) is 20.9 Å².